The van der Waals surface area contributed by atoms with Gasteiger partial charge in [0.25, 0.3) is 0 Å². The fourth-order valence-corrected chi connectivity index (χ4v) is 9.88. The van der Waals surface area contributed by atoms with Gasteiger partial charge in [-0.3, -0.25) is 0 Å². The van der Waals surface area contributed by atoms with Crippen LogP contribution in [0.25, 0.3) is 0 Å². The van der Waals surface area contributed by atoms with Crippen molar-refractivity contribution in [1.82, 2.24) is 0 Å². The van der Waals surface area contributed by atoms with Crippen LogP contribution in [0.1, 0.15) is 81.6 Å². The summed E-state index contributed by atoms with van der Waals surface area (Å²) in [6.07, 6.45) is 12.7. The first kappa shape index (κ1) is 20.9. The number of fused-ring (bicyclic) bond motifs is 3. The van der Waals surface area contributed by atoms with E-state index in [-0.39, 0.29) is 0 Å². The molecule has 31 heavy (non-hydrogen) atoms. The molecule has 0 radical (unpaired) electrons. The highest BCUT2D eigenvalue weighted by atomic mass is 14.6. The van der Waals surface area contributed by atoms with Gasteiger partial charge in [0, 0.05) is 0 Å². The van der Waals surface area contributed by atoms with Gasteiger partial charge in [0.05, 0.1) is 0 Å². The molecule has 1 heteroatoms. The molecule has 0 saturated heterocycles. The van der Waals surface area contributed by atoms with Crippen molar-refractivity contribution in [3.8, 4) is 0 Å². The summed E-state index contributed by atoms with van der Waals surface area (Å²) >= 11 is 0. The monoisotopic (exact) mass is 416 g/mol. The van der Waals surface area contributed by atoms with Gasteiger partial charge in [-0.2, -0.15) is 0 Å². The van der Waals surface area contributed by atoms with Crippen LogP contribution in [0.5, 0.6) is 0 Å². The lowest BCUT2D eigenvalue weighted by molar-refractivity contribution is -0.0327. The predicted molar refractivity (Wildman–Crippen MR) is 134 cm³/mol. The van der Waals surface area contributed by atoms with Gasteiger partial charge in [-0.25, -0.2) is 0 Å². The van der Waals surface area contributed by atoms with Crippen molar-refractivity contribution < 1.29 is 0 Å². The van der Waals surface area contributed by atoms with E-state index < -0.39 is 0 Å². The first-order valence-electron chi connectivity index (χ1n) is 13.5. The number of rotatable bonds is 3. The second kappa shape index (κ2) is 6.04. The Balaban J connectivity index is 1.47. The maximum absolute atomic E-state index is 2.80. The quantitative estimate of drug-likeness (QED) is 0.412. The average Bonchev–Trinajstić information content (AvgIpc) is 2.69. The normalized spacial score (nSPS) is 49.5. The largest absolute Gasteiger partial charge is 0.228 e. The van der Waals surface area contributed by atoms with E-state index in [0.717, 1.165) is 53.3 Å². The summed E-state index contributed by atoms with van der Waals surface area (Å²) in [4.78, 5) is 0. The summed E-state index contributed by atoms with van der Waals surface area (Å²) in [5.74, 6) is 7.30. The summed E-state index contributed by atoms with van der Waals surface area (Å²) < 4.78 is 0. The van der Waals surface area contributed by atoms with Crippen LogP contribution in [0.4, 0.5) is 0 Å². The molecule has 3 fully saturated rings. The molecule has 0 heterocycles. The van der Waals surface area contributed by atoms with Crippen LogP contribution in [0, 0.1) is 69.5 Å². The molecule has 9 aliphatic carbocycles. The minimum atomic E-state index is 0.515. The zero-order valence-corrected chi connectivity index (χ0v) is 21.6. The van der Waals surface area contributed by atoms with Crippen LogP contribution < -0.4 is 0 Å². The van der Waals surface area contributed by atoms with E-state index in [2.05, 4.69) is 80.5 Å². The fourth-order valence-electron chi connectivity index (χ4n) is 9.88. The molecule has 9 unspecified atom stereocenters. The standard InChI is InChI=1S/C30H45B/c1-16-22-10-19(28(22,4)5)13-25(16)31(26-14-20-11-23(17(26)2)29(20,6)7)27-15-21-12-24(18(27)3)30(21,8)9/h13-24H,10-12H2,1-9H3. The minimum absolute atomic E-state index is 0.515. The molecule has 168 valence electrons. The maximum Gasteiger partial charge on any atom is 0.228 e. The summed E-state index contributed by atoms with van der Waals surface area (Å²) in [6.45, 7) is 23.6. The van der Waals surface area contributed by atoms with Crippen molar-refractivity contribution in [1.29, 1.82) is 0 Å². The van der Waals surface area contributed by atoms with Crippen molar-refractivity contribution in [3.63, 3.8) is 0 Å². The van der Waals surface area contributed by atoms with E-state index in [0.29, 0.717) is 23.0 Å². The van der Waals surface area contributed by atoms with Gasteiger partial charge in [0.1, 0.15) is 0 Å². The van der Waals surface area contributed by atoms with Gasteiger partial charge < -0.3 is 0 Å². The number of hydrogen-bond acceptors (Lipinski definition) is 0. The van der Waals surface area contributed by atoms with E-state index in [9.17, 15) is 0 Å². The molecule has 0 aromatic rings. The van der Waals surface area contributed by atoms with Crippen LogP contribution in [0.2, 0.25) is 0 Å². The van der Waals surface area contributed by atoms with Crippen molar-refractivity contribution in [2.45, 2.75) is 81.6 Å². The average molecular weight is 417 g/mol. The Morgan fingerprint density at radius 1 is 0.548 bits per heavy atom. The third kappa shape index (κ3) is 2.40. The van der Waals surface area contributed by atoms with Crippen LogP contribution >= 0.6 is 0 Å². The van der Waals surface area contributed by atoms with E-state index >= 15 is 0 Å². The van der Waals surface area contributed by atoms with E-state index in [1.807, 2.05) is 16.4 Å². The topological polar surface area (TPSA) is 0 Å². The molecule has 0 amide bonds. The Hall–Kier alpha value is -0.715. The van der Waals surface area contributed by atoms with Gasteiger partial charge in [-0.15, -0.1) is 0 Å². The van der Waals surface area contributed by atoms with Gasteiger partial charge in [-0.1, -0.05) is 97.0 Å². The SMILES string of the molecule is CC1C(B(C2=CC3CC(C2C)C3(C)C)C2=CC3CC(C2C)C3(C)C)=CC2CC1C2(C)C. The molecule has 9 aliphatic rings. The van der Waals surface area contributed by atoms with Crippen LogP contribution in [-0.4, -0.2) is 6.71 Å². The lowest BCUT2D eigenvalue weighted by atomic mass is 9.22. The molecule has 0 N–H and O–H groups in total. The van der Waals surface area contributed by atoms with Gasteiger partial charge in [0.2, 0.25) is 6.71 Å². The highest BCUT2D eigenvalue weighted by Crippen LogP contribution is 2.66. The van der Waals surface area contributed by atoms with E-state index in [4.69, 9.17) is 0 Å². The smallest absolute Gasteiger partial charge is 0.0919 e. The lowest BCUT2D eigenvalue weighted by Gasteiger charge is -2.63. The fraction of sp³-hybridized carbons (Fsp3) is 0.800. The second-order valence-electron chi connectivity index (χ2n) is 14.6. The molecule has 0 spiro atoms. The van der Waals surface area contributed by atoms with Crippen molar-refractivity contribution in [3.05, 3.63) is 34.6 Å². The molecular weight excluding hydrogens is 371 g/mol. The second-order valence-corrected chi connectivity index (χ2v) is 14.6. The van der Waals surface area contributed by atoms with E-state index in [1.54, 1.807) is 0 Å². The van der Waals surface area contributed by atoms with Crippen LogP contribution in [-0.2, 0) is 0 Å². The van der Waals surface area contributed by atoms with Crippen molar-refractivity contribution >= 4 is 6.71 Å². The molecule has 6 bridgehead atoms. The number of allylic oxidation sites excluding steroid dienone is 6. The molecule has 0 aromatic heterocycles. The molecule has 3 saturated carbocycles. The third-order valence-corrected chi connectivity index (χ3v) is 12.8. The summed E-state index contributed by atoms with van der Waals surface area (Å²) in [5, 5.41) is 0. The Kier molecular flexibility index (Phi) is 4.06. The van der Waals surface area contributed by atoms with Crippen LogP contribution in [0.15, 0.2) is 34.6 Å². The third-order valence-electron chi connectivity index (χ3n) is 12.8. The predicted octanol–water partition coefficient (Wildman–Crippen LogP) is 7.81. The Morgan fingerprint density at radius 3 is 1.00 bits per heavy atom. The zero-order valence-electron chi connectivity index (χ0n) is 21.6. The molecule has 0 aromatic carbocycles. The first-order valence-corrected chi connectivity index (χ1v) is 13.5. The lowest BCUT2D eigenvalue weighted by Crippen LogP contribution is -2.58. The minimum Gasteiger partial charge on any atom is -0.0919 e. The van der Waals surface area contributed by atoms with Gasteiger partial charge >= 0.3 is 0 Å². The zero-order chi connectivity index (χ0) is 22.2. The highest BCUT2D eigenvalue weighted by molar-refractivity contribution is 6.81. The Labute approximate surface area is 192 Å². The van der Waals surface area contributed by atoms with Crippen molar-refractivity contribution in [2.75, 3.05) is 0 Å². The van der Waals surface area contributed by atoms with Gasteiger partial charge in [0.15, 0.2) is 0 Å². The Bertz CT molecular complexity index is 792. The first-order chi connectivity index (χ1) is 14.4. The van der Waals surface area contributed by atoms with Gasteiger partial charge in [-0.05, 0) is 88.8 Å². The molecule has 9 atom stereocenters. The highest BCUT2D eigenvalue weighted by Gasteiger charge is 2.60. The van der Waals surface area contributed by atoms with Crippen LogP contribution in [0.3, 0.4) is 0 Å². The summed E-state index contributed by atoms with van der Waals surface area (Å²) in [7, 11) is 0. The maximum atomic E-state index is 2.80. The summed E-state index contributed by atoms with van der Waals surface area (Å²) in [6, 6.07) is 0. The molecule has 9 rings (SSSR count). The Morgan fingerprint density at radius 2 is 0.806 bits per heavy atom. The number of hydrogen-bond donors (Lipinski definition) is 0. The summed E-state index contributed by atoms with van der Waals surface area (Å²) in [5.41, 5.74) is 7.03. The van der Waals surface area contributed by atoms with Crippen molar-refractivity contribution in [2.24, 2.45) is 69.5 Å². The molecule has 0 aliphatic heterocycles. The van der Waals surface area contributed by atoms with E-state index in [1.165, 1.54) is 19.3 Å². The molecule has 0 nitrogen and oxygen atoms in total. The molecular formula is C30H45B.